The normalized spacial score (nSPS) is 10.5. The fourth-order valence-electron chi connectivity index (χ4n) is 2.52. The predicted molar refractivity (Wildman–Crippen MR) is 105 cm³/mol. The third-order valence-corrected chi connectivity index (χ3v) is 3.83. The van der Waals surface area contributed by atoms with Gasteiger partial charge < -0.3 is 15.4 Å². The van der Waals surface area contributed by atoms with E-state index in [0.29, 0.717) is 23.7 Å². The molecule has 0 atom stereocenters. The lowest BCUT2D eigenvalue weighted by atomic mass is 10.0. The molecule has 26 heavy (non-hydrogen) atoms. The fraction of sp³-hybridized carbons (Fsp3) is 0.333. The molecule has 0 bridgehead atoms. The molecule has 0 saturated carbocycles. The molecule has 0 saturated heterocycles. The lowest BCUT2D eigenvalue weighted by Gasteiger charge is -2.14. The summed E-state index contributed by atoms with van der Waals surface area (Å²) in [5, 5.41) is 5.60. The second-order valence-electron chi connectivity index (χ2n) is 6.40. The molecule has 0 aliphatic rings. The van der Waals surface area contributed by atoms with Crippen LogP contribution in [-0.4, -0.2) is 18.4 Å². The fourth-order valence-corrected chi connectivity index (χ4v) is 2.52. The van der Waals surface area contributed by atoms with Gasteiger partial charge in [-0.2, -0.15) is 0 Å². The van der Waals surface area contributed by atoms with Crippen LogP contribution in [0.15, 0.2) is 48.5 Å². The Bertz CT molecular complexity index is 739. The number of para-hydroxylation sites is 1. The molecule has 2 aromatic rings. The lowest BCUT2D eigenvalue weighted by molar-refractivity contribution is -0.118. The number of hydrogen-bond donors (Lipinski definition) is 2. The van der Waals surface area contributed by atoms with Gasteiger partial charge in [0.1, 0.15) is 5.75 Å². The number of carbonyl (C=O) groups excluding carboxylic acids is 2. The quantitative estimate of drug-likeness (QED) is 0.730. The van der Waals surface area contributed by atoms with E-state index in [-0.39, 0.29) is 18.4 Å². The molecule has 0 radical (unpaired) electrons. The number of ether oxygens (including phenoxy) is 1. The van der Waals surface area contributed by atoms with Crippen LogP contribution in [0.25, 0.3) is 0 Å². The van der Waals surface area contributed by atoms with Crippen LogP contribution in [0.2, 0.25) is 0 Å². The number of amides is 2. The molecule has 5 heteroatoms. The van der Waals surface area contributed by atoms with Crippen LogP contribution in [0, 0.1) is 0 Å². The van der Waals surface area contributed by atoms with E-state index in [9.17, 15) is 9.59 Å². The zero-order valence-corrected chi connectivity index (χ0v) is 15.5. The largest absolute Gasteiger partial charge is 0.483 e. The summed E-state index contributed by atoms with van der Waals surface area (Å²) in [6.45, 7) is 6.07. The highest BCUT2D eigenvalue weighted by atomic mass is 16.5. The van der Waals surface area contributed by atoms with Gasteiger partial charge in [0, 0.05) is 17.8 Å². The van der Waals surface area contributed by atoms with Crippen molar-refractivity contribution < 1.29 is 14.3 Å². The van der Waals surface area contributed by atoms with E-state index < -0.39 is 0 Å². The van der Waals surface area contributed by atoms with Crippen molar-refractivity contribution in [2.45, 2.75) is 39.5 Å². The maximum absolute atomic E-state index is 12.1. The van der Waals surface area contributed by atoms with Gasteiger partial charge in [0.25, 0.3) is 5.91 Å². The van der Waals surface area contributed by atoms with Crippen molar-refractivity contribution in [2.75, 3.05) is 17.2 Å². The Labute approximate surface area is 154 Å². The van der Waals surface area contributed by atoms with Gasteiger partial charge in [-0.1, -0.05) is 39.0 Å². The van der Waals surface area contributed by atoms with Crippen LogP contribution in [0.1, 0.15) is 45.1 Å². The first-order valence-corrected chi connectivity index (χ1v) is 8.91. The van der Waals surface area contributed by atoms with Gasteiger partial charge in [-0.15, -0.1) is 0 Å². The van der Waals surface area contributed by atoms with Crippen molar-refractivity contribution in [1.29, 1.82) is 0 Å². The van der Waals surface area contributed by atoms with Gasteiger partial charge in [0.15, 0.2) is 6.61 Å². The van der Waals surface area contributed by atoms with Crippen LogP contribution in [-0.2, 0) is 9.59 Å². The molecule has 138 valence electrons. The minimum Gasteiger partial charge on any atom is -0.483 e. The Hall–Kier alpha value is -2.82. The second kappa shape index (κ2) is 9.61. The summed E-state index contributed by atoms with van der Waals surface area (Å²) < 4.78 is 5.67. The summed E-state index contributed by atoms with van der Waals surface area (Å²) in [7, 11) is 0. The first-order chi connectivity index (χ1) is 12.5. The van der Waals surface area contributed by atoms with Gasteiger partial charge in [-0.05, 0) is 48.2 Å². The third kappa shape index (κ3) is 5.92. The summed E-state index contributed by atoms with van der Waals surface area (Å²) in [4.78, 5) is 23.7. The molecule has 0 fully saturated rings. The number of nitrogens with one attached hydrogen (secondary N) is 2. The molecular formula is C21H26N2O3. The van der Waals surface area contributed by atoms with Crippen LogP contribution in [0.5, 0.6) is 5.75 Å². The van der Waals surface area contributed by atoms with Gasteiger partial charge in [-0.3, -0.25) is 9.59 Å². The first-order valence-electron chi connectivity index (χ1n) is 8.91. The molecule has 2 N–H and O–H groups in total. The molecule has 2 amide bonds. The zero-order chi connectivity index (χ0) is 18.9. The minimum atomic E-state index is -0.230. The van der Waals surface area contributed by atoms with Gasteiger partial charge in [0.2, 0.25) is 5.91 Å². The number of rotatable bonds is 8. The second-order valence-corrected chi connectivity index (χ2v) is 6.40. The van der Waals surface area contributed by atoms with E-state index >= 15 is 0 Å². The molecule has 2 rings (SSSR count). The first kappa shape index (κ1) is 19.5. The molecule has 2 aromatic carbocycles. The van der Waals surface area contributed by atoms with Crippen molar-refractivity contribution >= 4 is 23.2 Å². The van der Waals surface area contributed by atoms with E-state index in [1.807, 2.05) is 31.2 Å². The zero-order valence-electron chi connectivity index (χ0n) is 15.5. The van der Waals surface area contributed by atoms with Crippen molar-refractivity contribution in [3.05, 3.63) is 54.1 Å². The third-order valence-electron chi connectivity index (χ3n) is 3.83. The van der Waals surface area contributed by atoms with Crippen molar-refractivity contribution in [2.24, 2.45) is 0 Å². The Morgan fingerprint density at radius 3 is 2.08 bits per heavy atom. The average Bonchev–Trinajstić information content (AvgIpc) is 2.62. The molecule has 0 heterocycles. The highest BCUT2D eigenvalue weighted by molar-refractivity contribution is 5.93. The number of benzene rings is 2. The molecule has 5 nitrogen and oxygen atoms in total. The molecular weight excluding hydrogens is 328 g/mol. The summed E-state index contributed by atoms with van der Waals surface area (Å²) >= 11 is 0. The lowest BCUT2D eigenvalue weighted by Crippen LogP contribution is -2.20. The predicted octanol–water partition coefficient (Wildman–Crippen LogP) is 4.57. The van der Waals surface area contributed by atoms with Crippen LogP contribution < -0.4 is 15.4 Å². The van der Waals surface area contributed by atoms with Crippen molar-refractivity contribution in [3.8, 4) is 5.75 Å². The number of carbonyl (C=O) groups is 2. The van der Waals surface area contributed by atoms with E-state index in [0.717, 1.165) is 17.7 Å². The highest BCUT2D eigenvalue weighted by Crippen LogP contribution is 2.25. The summed E-state index contributed by atoms with van der Waals surface area (Å²) in [6.07, 6.45) is 1.30. The Balaban J connectivity index is 1.87. The topological polar surface area (TPSA) is 67.4 Å². The van der Waals surface area contributed by atoms with E-state index in [1.165, 1.54) is 0 Å². The minimum absolute atomic E-state index is 0.0125. The molecule has 0 spiro atoms. The number of hydrogen-bond acceptors (Lipinski definition) is 3. The maximum atomic E-state index is 12.1. The Kier molecular flexibility index (Phi) is 7.21. The standard InChI is InChI=1S/C21H26N2O3/c1-4-7-20(24)22-16-10-12-17(13-11-16)23-21(25)14-26-19-9-6-5-8-18(19)15(2)3/h5-6,8-13,15H,4,7,14H2,1-3H3,(H,22,24)(H,23,25). The van der Waals surface area contributed by atoms with Crippen LogP contribution in [0.3, 0.4) is 0 Å². The van der Waals surface area contributed by atoms with E-state index in [2.05, 4.69) is 24.5 Å². The van der Waals surface area contributed by atoms with Gasteiger partial charge >= 0.3 is 0 Å². The summed E-state index contributed by atoms with van der Waals surface area (Å²) in [5.74, 6) is 0.809. The van der Waals surface area contributed by atoms with Crippen molar-refractivity contribution in [1.82, 2.24) is 0 Å². The smallest absolute Gasteiger partial charge is 0.262 e. The van der Waals surface area contributed by atoms with Crippen LogP contribution >= 0.6 is 0 Å². The molecule has 0 unspecified atom stereocenters. The highest BCUT2D eigenvalue weighted by Gasteiger charge is 2.09. The Morgan fingerprint density at radius 1 is 0.923 bits per heavy atom. The van der Waals surface area contributed by atoms with E-state index in [4.69, 9.17) is 4.74 Å². The summed E-state index contributed by atoms with van der Waals surface area (Å²) in [6, 6.07) is 14.8. The maximum Gasteiger partial charge on any atom is 0.262 e. The number of anilines is 2. The Morgan fingerprint density at radius 2 is 1.50 bits per heavy atom. The van der Waals surface area contributed by atoms with Gasteiger partial charge in [-0.25, -0.2) is 0 Å². The monoisotopic (exact) mass is 354 g/mol. The van der Waals surface area contributed by atoms with Crippen molar-refractivity contribution in [3.63, 3.8) is 0 Å². The molecule has 0 aromatic heterocycles. The molecule has 0 aliphatic carbocycles. The average molecular weight is 354 g/mol. The van der Waals surface area contributed by atoms with E-state index in [1.54, 1.807) is 24.3 Å². The SMILES string of the molecule is CCCC(=O)Nc1ccc(NC(=O)COc2ccccc2C(C)C)cc1. The molecule has 0 aliphatic heterocycles. The van der Waals surface area contributed by atoms with Crippen LogP contribution in [0.4, 0.5) is 11.4 Å². The van der Waals surface area contributed by atoms with Gasteiger partial charge in [0.05, 0.1) is 0 Å². The summed E-state index contributed by atoms with van der Waals surface area (Å²) in [5.41, 5.74) is 2.44.